The number of fused-ring (bicyclic) bond motifs is 5. The third-order valence-electron chi connectivity index (χ3n) is 8.92. The number of aliphatic hydroxyl groups is 2. The fourth-order valence-corrected chi connectivity index (χ4v) is 7.22. The zero-order chi connectivity index (χ0) is 24.7. The molecule has 4 aliphatic rings. The van der Waals surface area contributed by atoms with Crippen molar-refractivity contribution in [1.82, 2.24) is 0 Å². The van der Waals surface area contributed by atoms with E-state index in [4.69, 9.17) is 9.47 Å². The van der Waals surface area contributed by atoms with E-state index in [1.54, 1.807) is 20.8 Å². The number of hydrogen-bond donors (Lipinski definition) is 2. The van der Waals surface area contributed by atoms with Crippen molar-refractivity contribution in [2.45, 2.75) is 72.2 Å². The molecule has 33 heavy (non-hydrogen) atoms. The number of hydrogen-bond acceptors (Lipinski definition) is 7. The molecule has 4 aliphatic carbocycles. The molecular formula is C26H36O7. The van der Waals surface area contributed by atoms with Crippen molar-refractivity contribution in [3.8, 4) is 0 Å². The Morgan fingerprint density at radius 2 is 1.85 bits per heavy atom. The maximum absolute atomic E-state index is 13.0. The van der Waals surface area contributed by atoms with Crippen molar-refractivity contribution in [2.75, 3.05) is 6.61 Å². The molecule has 2 saturated carbocycles. The minimum Gasteiger partial charge on any atom is -0.458 e. The van der Waals surface area contributed by atoms with Gasteiger partial charge in [-0.2, -0.15) is 0 Å². The highest BCUT2D eigenvalue weighted by molar-refractivity contribution is 6.00. The molecule has 182 valence electrons. The van der Waals surface area contributed by atoms with Gasteiger partial charge in [0.2, 0.25) is 0 Å². The van der Waals surface area contributed by atoms with Crippen LogP contribution in [0.1, 0.15) is 54.9 Å². The summed E-state index contributed by atoms with van der Waals surface area (Å²) in [5.41, 5.74) is -1.81. The lowest BCUT2D eigenvalue weighted by atomic mass is 9.60. The lowest BCUT2D eigenvalue weighted by Crippen LogP contribution is -2.63. The summed E-state index contributed by atoms with van der Waals surface area (Å²) < 4.78 is 12.0. The van der Waals surface area contributed by atoms with E-state index in [0.717, 1.165) is 0 Å². The molecule has 0 amide bonds. The Balaban J connectivity index is 1.92. The van der Waals surface area contributed by atoms with Crippen LogP contribution in [-0.4, -0.2) is 51.8 Å². The molecule has 2 N–H and O–H groups in total. The lowest BCUT2D eigenvalue weighted by Gasteiger charge is -2.52. The van der Waals surface area contributed by atoms with Gasteiger partial charge in [-0.25, -0.2) is 0 Å². The minimum atomic E-state index is -1.42. The first kappa shape index (κ1) is 24.1. The number of ether oxygens (including phenoxy) is 2. The third kappa shape index (κ3) is 3.04. The SMILES string of the molecule is CC(=O)O[C@@H]1[C@@H](C)[C@]2(O)[C@@H]3C=C(C)C(=O)[C@H]3CC(CO)=C[C@H]2[C@@H]2C(C)(C)[C@]12OC(=O)C(C)C. The maximum Gasteiger partial charge on any atom is 0.309 e. The van der Waals surface area contributed by atoms with E-state index in [-0.39, 0.29) is 30.2 Å². The fraction of sp³-hybridized carbons (Fsp3) is 0.731. The van der Waals surface area contributed by atoms with Gasteiger partial charge in [0.15, 0.2) is 11.4 Å². The first-order valence-corrected chi connectivity index (χ1v) is 11.9. The van der Waals surface area contributed by atoms with Gasteiger partial charge in [0.1, 0.15) is 6.10 Å². The number of aliphatic hydroxyl groups excluding tert-OH is 1. The van der Waals surface area contributed by atoms with Crippen molar-refractivity contribution in [3.63, 3.8) is 0 Å². The molecular weight excluding hydrogens is 424 g/mol. The number of carbonyl (C=O) groups is 3. The summed E-state index contributed by atoms with van der Waals surface area (Å²) in [6.45, 7) is 12.1. The molecule has 7 heteroatoms. The summed E-state index contributed by atoms with van der Waals surface area (Å²) in [6, 6.07) is 0. The van der Waals surface area contributed by atoms with Crippen LogP contribution in [0.4, 0.5) is 0 Å². The van der Waals surface area contributed by atoms with Crippen molar-refractivity contribution in [2.24, 2.45) is 40.9 Å². The first-order valence-electron chi connectivity index (χ1n) is 11.9. The number of Topliss-reactive ketones (excluding diaryl/α,β-unsaturated/α-hetero) is 1. The number of ketones is 1. The van der Waals surface area contributed by atoms with Crippen LogP contribution in [0.15, 0.2) is 23.3 Å². The Bertz CT molecular complexity index is 960. The van der Waals surface area contributed by atoms with Crippen molar-refractivity contribution in [3.05, 3.63) is 23.3 Å². The Kier molecular flexibility index (Phi) is 5.49. The van der Waals surface area contributed by atoms with E-state index in [1.807, 2.05) is 32.9 Å². The summed E-state index contributed by atoms with van der Waals surface area (Å²) >= 11 is 0. The van der Waals surface area contributed by atoms with Gasteiger partial charge in [-0.05, 0) is 24.5 Å². The standard InChI is InChI=1S/C26H36O7/c1-12(2)23(30)33-26-21(24(26,6)7)19-10-16(11-27)9-17-18(8-13(3)20(17)29)25(19,31)14(4)22(26)32-15(5)28/h8,10,12,14,17-19,21-22,27,31H,9,11H2,1-7H3/t14-,17+,18-,19+,21-,22-,25+,26-/m1/s1. The molecule has 0 aromatic rings. The van der Waals surface area contributed by atoms with Crippen LogP contribution in [0.5, 0.6) is 0 Å². The molecule has 2 fully saturated rings. The van der Waals surface area contributed by atoms with Gasteiger partial charge in [-0.3, -0.25) is 14.4 Å². The maximum atomic E-state index is 13.0. The van der Waals surface area contributed by atoms with Gasteiger partial charge in [0, 0.05) is 41.9 Å². The Hall–Kier alpha value is -1.99. The van der Waals surface area contributed by atoms with Crippen LogP contribution < -0.4 is 0 Å². The Morgan fingerprint density at radius 3 is 2.39 bits per heavy atom. The molecule has 4 rings (SSSR count). The monoisotopic (exact) mass is 460 g/mol. The van der Waals surface area contributed by atoms with Crippen LogP contribution >= 0.6 is 0 Å². The first-order chi connectivity index (χ1) is 15.2. The minimum absolute atomic E-state index is 0.0252. The van der Waals surface area contributed by atoms with Gasteiger partial charge in [0.25, 0.3) is 0 Å². The van der Waals surface area contributed by atoms with Gasteiger partial charge < -0.3 is 19.7 Å². The normalized spacial score (nSPS) is 42.9. The number of allylic oxidation sites excluding steroid dienone is 1. The van der Waals surface area contributed by atoms with Gasteiger partial charge in [-0.1, -0.05) is 46.8 Å². The molecule has 8 atom stereocenters. The Morgan fingerprint density at radius 1 is 1.21 bits per heavy atom. The van der Waals surface area contributed by atoms with Crippen LogP contribution in [-0.2, 0) is 23.9 Å². The van der Waals surface area contributed by atoms with Crippen LogP contribution in [0.2, 0.25) is 0 Å². The second-order valence-electron chi connectivity index (χ2n) is 11.3. The molecule has 0 radical (unpaired) electrons. The molecule has 0 aromatic carbocycles. The van der Waals surface area contributed by atoms with Gasteiger partial charge in [-0.15, -0.1) is 0 Å². The average molecular weight is 461 g/mol. The van der Waals surface area contributed by atoms with E-state index < -0.39 is 52.4 Å². The van der Waals surface area contributed by atoms with Gasteiger partial charge >= 0.3 is 11.9 Å². The third-order valence-corrected chi connectivity index (χ3v) is 8.92. The molecule has 0 aromatic heterocycles. The molecule has 0 bridgehead atoms. The second kappa shape index (κ2) is 7.51. The molecule has 7 nitrogen and oxygen atoms in total. The molecule has 0 spiro atoms. The summed E-state index contributed by atoms with van der Waals surface area (Å²) in [7, 11) is 0. The van der Waals surface area contributed by atoms with E-state index in [2.05, 4.69) is 0 Å². The zero-order valence-corrected chi connectivity index (χ0v) is 20.5. The summed E-state index contributed by atoms with van der Waals surface area (Å²) in [5, 5.41) is 22.6. The fourth-order valence-electron chi connectivity index (χ4n) is 7.22. The number of rotatable bonds is 4. The quantitative estimate of drug-likeness (QED) is 0.490. The van der Waals surface area contributed by atoms with E-state index >= 15 is 0 Å². The molecule has 0 heterocycles. The predicted octanol–water partition coefficient (Wildman–Crippen LogP) is 2.59. The molecule has 0 aliphatic heterocycles. The van der Waals surface area contributed by atoms with Gasteiger partial charge in [0.05, 0.1) is 18.1 Å². The summed E-state index contributed by atoms with van der Waals surface area (Å²) in [5.74, 6) is -3.71. The largest absolute Gasteiger partial charge is 0.458 e. The topological polar surface area (TPSA) is 110 Å². The van der Waals surface area contributed by atoms with Crippen LogP contribution in [0.3, 0.4) is 0 Å². The highest BCUT2D eigenvalue weighted by Gasteiger charge is 2.87. The van der Waals surface area contributed by atoms with E-state index in [1.165, 1.54) is 6.92 Å². The van der Waals surface area contributed by atoms with Crippen molar-refractivity contribution >= 4 is 17.7 Å². The van der Waals surface area contributed by atoms with Crippen molar-refractivity contribution < 1.29 is 34.1 Å². The predicted molar refractivity (Wildman–Crippen MR) is 120 cm³/mol. The smallest absolute Gasteiger partial charge is 0.309 e. The molecule has 0 saturated heterocycles. The highest BCUT2D eigenvalue weighted by atomic mass is 16.6. The van der Waals surface area contributed by atoms with Crippen LogP contribution in [0.25, 0.3) is 0 Å². The van der Waals surface area contributed by atoms with Crippen LogP contribution in [0, 0.1) is 40.9 Å². The average Bonchev–Trinajstić information content (AvgIpc) is 3.12. The number of carbonyl (C=O) groups excluding carboxylic acids is 3. The zero-order valence-electron chi connectivity index (χ0n) is 20.5. The van der Waals surface area contributed by atoms with Crippen molar-refractivity contribution in [1.29, 1.82) is 0 Å². The Labute approximate surface area is 195 Å². The number of esters is 2. The second-order valence-corrected chi connectivity index (χ2v) is 11.3. The molecule has 0 unspecified atom stereocenters. The summed E-state index contributed by atoms with van der Waals surface area (Å²) in [6.07, 6.45) is 3.24. The van der Waals surface area contributed by atoms with E-state index in [0.29, 0.717) is 17.6 Å². The lowest BCUT2D eigenvalue weighted by molar-refractivity contribution is -0.220. The van der Waals surface area contributed by atoms with E-state index in [9.17, 15) is 24.6 Å². The summed E-state index contributed by atoms with van der Waals surface area (Å²) in [4.78, 5) is 38.0. The highest BCUT2D eigenvalue weighted by Crippen LogP contribution is 2.77.